The minimum absolute atomic E-state index is 0.235. The topological polar surface area (TPSA) is 113 Å². The summed E-state index contributed by atoms with van der Waals surface area (Å²) in [6, 6.07) is 17.8. The SMILES string of the molecule is O=C(Nc1cnc(Cc2ccc(F)cc2)nc1)C(=O)Nc1cc(-c2cc3ccccc3s2)[nH]n1. The highest BCUT2D eigenvalue weighted by molar-refractivity contribution is 7.22. The third-order valence-corrected chi connectivity index (χ3v) is 6.10. The van der Waals surface area contributed by atoms with Crippen molar-refractivity contribution in [2.24, 2.45) is 0 Å². The number of anilines is 2. The van der Waals surface area contributed by atoms with Gasteiger partial charge in [0.1, 0.15) is 11.6 Å². The number of thiophene rings is 1. The molecular formula is C24H17FN6O2S. The zero-order chi connectivity index (χ0) is 23.5. The Bertz CT molecular complexity index is 1440. The predicted molar refractivity (Wildman–Crippen MR) is 128 cm³/mol. The molecule has 5 aromatic rings. The van der Waals surface area contributed by atoms with E-state index in [9.17, 15) is 14.0 Å². The second-order valence-electron chi connectivity index (χ2n) is 7.41. The zero-order valence-electron chi connectivity index (χ0n) is 17.6. The number of fused-ring (bicyclic) bond motifs is 1. The lowest BCUT2D eigenvalue weighted by molar-refractivity contribution is -0.133. The van der Waals surface area contributed by atoms with Crippen LogP contribution in [0.25, 0.3) is 20.7 Å². The van der Waals surface area contributed by atoms with Gasteiger partial charge in [-0.25, -0.2) is 14.4 Å². The molecule has 0 atom stereocenters. The number of halogens is 1. The second kappa shape index (κ2) is 9.20. The maximum Gasteiger partial charge on any atom is 0.315 e. The summed E-state index contributed by atoms with van der Waals surface area (Å²) in [4.78, 5) is 33.9. The van der Waals surface area contributed by atoms with Crippen LogP contribution in [0.15, 0.2) is 73.1 Å². The quantitative estimate of drug-likeness (QED) is 0.329. The molecule has 2 amide bonds. The Labute approximate surface area is 196 Å². The second-order valence-corrected chi connectivity index (χ2v) is 8.50. The first-order chi connectivity index (χ1) is 16.5. The Morgan fingerprint density at radius 2 is 1.68 bits per heavy atom. The third-order valence-electron chi connectivity index (χ3n) is 4.96. The number of carbonyl (C=O) groups excluding carboxylic acids is 2. The summed E-state index contributed by atoms with van der Waals surface area (Å²) >= 11 is 1.60. The summed E-state index contributed by atoms with van der Waals surface area (Å²) in [6.07, 6.45) is 3.23. The molecular weight excluding hydrogens is 455 g/mol. The molecule has 0 spiro atoms. The number of nitrogens with zero attached hydrogens (tertiary/aromatic N) is 3. The molecule has 0 radical (unpaired) electrons. The number of benzene rings is 2. The molecule has 0 saturated heterocycles. The summed E-state index contributed by atoms with van der Waals surface area (Å²) in [5, 5.41) is 13.0. The highest BCUT2D eigenvalue weighted by Gasteiger charge is 2.17. The average Bonchev–Trinajstić information content (AvgIpc) is 3.48. The van der Waals surface area contributed by atoms with Crippen LogP contribution >= 0.6 is 11.3 Å². The predicted octanol–water partition coefficient (Wildman–Crippen LogP) is 4.39. The van der Waals surface area contributed by atoms with Gasteiger partial charge in [-0.3, -0.25) is 14.7 Å². The van der Waals surface area contributed by atoms with Gasteiger partial charge >= 0.3 is 11.8 Å². The molecule has 3 N–H and O–H groups in total. The van der Waals surface area contributed by atoms with Gasteiger partial charge < -0.3 is 10.6 Å². The molecule has 34 heavy (non-hydrogen) atoms. The summed E-state index contributed by atoms with van der Waals surface area (Å²) in [5.41, 5.74) is 1.87. The Kier molecular flexibility index (Phi) is 5.79. The summed E-state index contributed by atoms with van der Waals surface area (Å²) in [7, 11) is 0. The van der Waals surface area contributed by atoms with Gasteiger partial charge in [-0.1, -0.05) is 30.3 Å². The van der Waals surface area contributed by atoms with Crippen LogP contribution in [-0.2, 0) is 16.0 Å². The van der Waals surface area contributed by atoms with E-state index in [4.69, 9.17) is 0 Å². The number of H-pyrrole nitrogens is 1. The fraction of sp³-hybridized carbons (Fsp3) is 0.0417. The van der Waals surface area contributed by atoms with E-state index >= 15 is 0 Å². The van der Waals surface area contributed by atoms with Gasteiger partial charge in [0.15, 0.2) is 5.82 Å². The van der Waals surface area contributed by atoms with Crippen molar-refractivity contribution in [3.05, 3.63) is 90.3 Å². The van der Waals surface area contributed by atoms with Crippen molar-refractivity contribution in [2.45, 2.75) is 6.42 Å². The smallest absolute Gasteiger partial charge is 0.315 e. The van der Waals surface area contributed by atoms with Crippen molar-refractivity contribution in [2.75, 3.05) is 10.6 Å². The van der Waals surface area contributed by atoms with E-state index in [1.165, 1.54) is 24.5 Å². The monoisotopic (exact) mass is 472 g/mol. The van der Waals surface area contributed by atoms with Gasteiger partial charge in [-0.15, -0.1) is 11.3 Å². The first-order valence-electron chi connectivity index (χ1n) is 10.3. The molecule has 3 heterocycles. The number of aromatic nitrogens is 4. The van der Waals surface area contributed by atoms with E-state index in [0.717, 1.165) is 26.2 Å². The van der Waals surface area contributed by atoms with Crippen LogP contribution in [0, 0.1) is 5.82 Å². The molecule has 2 aromatic carbocycles. The lowest BCUT2D eigenvalue weighted by Gasteiger charge is -2.05. The van der Waals surface area contributed by atoms with Gasteiger partial charge in [0.05, 0.1) is 28.7 Å². The molecule has 8 nitrogen and oxygen atoms in total. The van der Waals surface area contributed by atoms with E-state index in [0.29, 0.717) is 12.2 Å². The molecule has 0 unspecified atom stereocenters. The van der Waals surface area contributed by atoms with Crippen LogP contribution in [0.3, 0.4) is 0 Å². The number of nitrogens with one attached hydrogen (secondary N) is 3. The maximum atomic E-state index is 13.0. The third kappa shape index (κ3) is 4.81. The molecule has 0 bridgehead atoms. The van der Waals surface area contributed by atoms with Crippen molar-refractivity contribution in [3.63, 3.8) is 0 Å². The largest absolute Gasteiger partial charge is 0.315 e. The van der Waals surface area contributed by atoms with Gasteiger partial charge in [-0.2, -0.15) is 5.10 Å². The van der Waals surface area contributed by atoms with Crippen LogP contribution in [0.1, 0.15) is 11.4 Å². The van der Waals surface area contributed by atoms with Gasteiger partial charge in [0.2, 0.25) is 0 Å². The molecule has 0 aliphatic carbocycles. The number of rotatable bonds is 5. The lowest BCUT2D eigenvalue weighted by atomic mass is 10.1. The maximum absolute atomic E-state index is 13.0. The highest BCUT2D eigenvalue weighted by atomic mass is 32.1. The summed E-state index contributed by atoms with van der Waals surface area (Å²) in [5.74, 6) is -1.32. The summed E-state index contributed by atoms with van der Waals surface area (Å²) in [6.45, 7) is 0. The molecule has 0 aliphatic heterocycles. The number of aromatic amines is 1. The van der Waals surface area contributed by atoms with Crippen LogP contribution in [0.4, 0.5) is 15.9 Å². The molecule has 3 aromatic heterocycles. The molecule has 10 heteroatoms. The van der Waals surface area contributed by atoms with E-state index in [2.05, 4.69) is 30.8 Å². The zero-order valence-corrected chi connectivity index (χ0v) is 18.4. The van der Waals surface area contributed by atoms with Crippen LogP contribution < -0.4 is 10.6 Å². The van der Waals surface area contributed by atoms with Crippen LogP contribution in [0.5, 0.6) is 0 Å². The normalized spacial score (nSPS) is 10.9. The molecule has 0 aliphatic rings. The van der Waals surface area contributed by atoms with Gasteiger partial charge in [0.25, 0.3) is 0 Å². The molecule has 0 saturated carbocycles. The Morgan fingerprint density at radius 3 is 2.44 bits per heavy atom. The van der Waals surface area contributed by atoms with Crippen molar-refractivity contribution in [1.82, 2.24) is 20.2 Å². The van der Waals surface area contributed by atoms with Crippen LogP contribution in [0.2, 0.25) is 0 Å². The minimum Gasteiger partial charge on any atom is -0.315 e. The average molecular weight is 473 g/mol. The van der Waals surface area contributed by atoms with Crippen molar-refractivity contribution in [1.29, 1.82) is 0 Å². The fourth-order valence-electron chi connectivity index (χ4n) is 3.28. The van der Waals surface area contributed by atoms with Crippen molar-refractivity contribution in [3.8, 4) is 10.6 Å². The minimum atomic E-state index is -0.874. The molecule has 5 rings (SSSR count). The van der Waals surface area contributed by atoms with Crippen molar-refractivity contribution >= 4 is 44.7 Å². The fourth-order valence-corrected chi connectivity index (χ4v) is 4.31. The van der Waals surface area contributed by atoms with Gasteiger partial charge in [-0.05, 0) is 35.2 Å². The standard InChI is InChI=1S/C24H17FN6O2S/c25-16-7-5-14(6-8-16)9-21-26-12-17(13-27-21)28-23(32)24(33)29-22-11-18(30-31-22)20-10-15-3-1-2-4-19(15)34-20/h1-8,10-13H,9H2,(H,28,32)(H2,29,30,31,33). The van der Waals surface area contributed by atoms with E-state index in [-0.39, 0.29) is 17.3 Å². The first kappa shape index (κ1) is 21.4. The lowest BCUT2D eigenvalue weighted by Crippen LogP contribution is -2.29. The number of hydrogen-bond donors (Lipinski definition) is 3. The van der Waals surface area contributed by atoms with Crippen molar-refractivity contribution < 1.29 is 14.0 Å². The Morgan fingerprint density at radius 1 is 0.941 bits per heavy atom. The highest BCUT2D eigenvalue weighted by Crippen LogP contribution is 2.33. The van der Waals surface area contributed by atoms with E-state index in [1.807, 2.05) is 30.3 Å². The Hall–Kier alpha value is -4.44. The number of hydrogen-bond acceptors (Lipinski definition) is 6. The van der Waals surface area contributed by atoms with Gasteiger partial charge in [0, 0.05) is 17.2 Å². The van der Waals surface area contributed by atoms with E-state index < -0.39 is 11.8 Å². The first-order valence-corrected chi connectivity index (χ1v) is 11.1. The van der Waals surface area contributed by atoms with Crippen LogP contribution in [-0.4, -0.2) is 32.0 Å². The summed E-state index contributed by atoms with van der Waals surface area (Å²) < 4.78 is 14.2. The van der Waals surface area contributed by atoms with E-state index in [1.54, 1.807) is 29.5 Å². The number of carbonyl (C=O) groups is 2. The molecule has 168 valence electrons. The molecule has 0 fully saturated rings. The Balaban J connectivity index is 1.18. The number of amides is 2.